The second kappa shape index (κ2) is 10.9. The predicted molar refractivity (Wildman–Crippen MR) is 139 cm³/mol. The van der Waals surface area contributed by atoms with Gasteiger partial charge in [-0.1, -0.05) is 12.1 Å². The molecule has 35 heavy (non-hydrogen) atoms. The Morgan fingerprint density at radius 3 is 2.74 bits per heavy atom. The van der Waals surface area contributed by atoms with Gasteiger partial charge in [-0.2, -0.15) is 0 Å². The molecular weight excluding hydrogens is 440 g/mol. The van der Waals surface area contributed by atoms with Crippen LogP contribution in [0.5, 0.6) is 0 Å². The number of nitrogens with zero attached hydrogens (tertiary/aromatic N) is 6. The van der Waals surface area contributed by atoms with Crippen LogP contribution in [0.4, 0.5) is 11.5 Å². The van der Waals surface area contributed by atoms with Gasteiger partial charge < -0.3 is 19.5 Å². The fourth-order valence-corrected chi connectivity index (χ4v) is 4.82. The van der Waals surface area contributed by atoms with Gasteiger partial charge in [-0.05, 0) is 57.5 Å². The summed E-state index contributed by atoms with van der Waals surface area (Å²) in [7, 11) is 0. The zero-order valence-electron chi connectivity index (χ0n) is 21.2. The molecule has 2 aromatic heterocycles. The van der Waals surface area contributed by atoms with Gasteiger partial charge in [0.05, 0.1) is 24.1 Å². The molecule has 0 radical (unpaired) electrons. The molecule has 1 N–H and O–H groups in total. The van der Waals surface area contributed by atoms with E-state index in [1.54, 1.807) is 12.1 Å². The Bertz CT molecular complexity index is 1160. The summed E-state index contributed by atoms with van der Waals surface area (Å²) in [5.41, 5.74) is 4.51. The molecule has 0 amide bonds. The highest BCUT2D eigenvalue weighted by Gasteiger charge is 2.25. The maximum absolute atomic E-state index is 11.7. The molecule has 1 unspecified atom stereocenters. The Labute approximate surface area is 207 Å². The number of aryl methyl sites for hydroxylation is 3. The van der Waals surface area contributed by atoms with E-state index in [9.17, 15) is 9.90 Å². The number of carboxylic acids is 1. The average Bonchev–Trinajstić information content (AvgIpc) is 3.29. The monoisotopic (exact) mass is 476 g/mol. The van der Waals surface area contributed by atoms with Crippen LogP contribution in [0, 0.1) is 13.8 Å². The number of pyridine rings is 1. The number of hydrogen-bond donors (Lipinski definition) is 1. The quantitative estimate of drug-likeness (QED) is 0.503. The van der Waals surface area contributed by atoms with Gasteiger partial charge in [0.2, 0.25) is 0 Å². The first-order chi connectivity index (χ1) is 16.9. The van der Waals surface area contributed by atoms with Crippen molar-refractivity contribution in [1.29, 1.82) is 0 Å². The third-order valence-corrected chi connectivity index (χ3v) is 6.91. The Morgan fingerprint density at radius 2 is 2.03 bits per heavy atom. The number of piperazine rings is 1. The molecule has 0 aliphatic carbocycles. The highest BCUT2D eigenvalue weighted by atomic mass is 16.4. The van der Waals surface area contributed by atoms with E-state index in [1.165, 1.54) is 0 Å². The van der Waals surface area contributed by atoms with Gasteiger partial charge in [-0.3, -0.25) is 4.90 Å². The van der Waals surface area contributed by atoms with Crippen LogP contribution in [0.3, 0.4) is 0 Å². The number of anilines is 2. The van der Waals surface area contributed by atoms with Crippen molar-refractivity contribution in [3.8, 4) is 0 Å². The first kappa shape index (κ1) is 24.7. The Morgan fingerprint density at radius 1 is 1.20 bits per heavy atom. The van der Waals surface area contributed by atoms with Crippen molar-refractivity contribution >= 4 is 17.5 Å². The molecule has 0 spiro atoms. The lowest BCUT2D eigenvalue weighted by molar-refractivity contribution is 0.0697. The fraction of sp³-hybridized carbons (Fsp3) is 0.444. The van der Waals surface area contributed by atoms with E-state index in [-0.39, 0.29) is 0 Å². The van der Waals surface area contributed by atoms with Gasteiger partial charge in [-0.25, -0.2) is 14.8 Å². The van der Waals surface area contributed by atoms with Crippen molar-refractivity contribution in [2.75, 3.05) is 42.5 Å². The first-order valence-corrected chi connectivity index (χ1v) is 12.4. The van der Waals surface area contributed by atoms with Crippen LogP contribution in [-0.2, 0) is 13.1 Å². The third kappa shape index (κ3) is 5.82. The topological polar surface area (TPSA) is 77.7 Å². The molecule has 1 aliphatic heterocycles. The Balaban J connectivity index is 1.50. The SMILES string of the molecule is CCn1cncc1CN(CCN1CCN(c2cccc(C)n2)CC1C)c1cc(C(=O)O)ccc1C. The molecule has 0 bridgehead atoms. The Kier molecular flexibility index (Phi) is 7.70. The second-order valence-corrected chi connectivity index (χ2v) is 9.37. The summed E-state index contributed by atoms with van der Waals surface area (Å²) in [6.45, 7) is 14.5. The molecular formula is C27H36N6O2. The van der Waals surface area contributed by atoms with E-state index in [2.05, 4.69) is 50.2 Å². The van der Waals surface area contributed by atoms with Gasteiger partial charge in [0.15, 0.2) is 0 Å². The number of carbonyl (C=O) groups is 1. The van der Waals surface area contributed by atoms with Crippen molar-refractivity contribution in [2.45, 2.75) is 46.8 Å². The molecule has 1 saturated heterocycles. The molecule has 8 heteroatoms. The fourth-order valence-electron chi connectivity index (χ4n) is 4.82. The van der Waals surface area contributed by atoms with Crippen LogP contribution in [-0.4, -0.2) is 69.3 Å². The number of benzene rings is 1. The highest BCUT2D eigenvalue weighted by Crippen LogP contribution is 2.25. The normalized spacial score (nSPS) is 16.5. The van der Waals surface area contributed by atoms with E-state index < -0.39 is 5.97 Å². The number of imidazole rings is 1. The largest absolute Gasteiger partial charge is 0.478 e. The second-order valence-electron chi connectivity index (χ2n) is 9.37. The molecule has 1 aliphatic rings. The van der Waals surface area contributed by atoms with E-state index in [4.69, 9.17) is 4.98 Å². The molecule has 3 aromatic rings. The summed E-state index contributed by atoms with van der Waals surface area (Å²) >= 11 is 0. The van der Waals surface area contributed by atoms with Gasteiger partial charge in [0.1, 0.15) is 5.82 Å². The van der Waals surface area contributed by atoms with Gasteiger partial charge in [0, 0.05) is 62.9 Å². The van der Waals surface area contributed by atoms with E-state index in [0.717, 1.165) is 67.7 Å². The summed E-state index contributed by atoms with van der Waals surface area (Å²) < 4.78 is 2.14. The summed E-state index contributed by atoms with van der Waals surface area (Å²) in [6, 6.07) is 12.0. The number of hydrogen-bond acceptors (Lipinski definition) is 6. The number of aromatic nitrogens is 3. The minimum Gasteiger partial charge on any atom is -0.478 e. The number of carboxylic acid groups (broad SMARTS) is 1. The van der Waals surface area contributed by atoms with Crippen molar-refractivity contribution in [1.82, 2.24) is 19.4 Å². The third-order valence-electron chi connectivity index (χ3n) is 6.91. The molecule has 1 fully saturated rings. The smallest absolute Gasteiger partial charge is 0.335 e. The zero-order chi connectivity index (χ0) is 24.9. The average molecular weight is 477 g/mol. The number of aromatic carboxylic acids is 1. The van der Waals surface area contributed by atoms with Crippen molar-refractivity contribution in [3.63, 3.8) is 0 Å². The summed E-state index contributed by atoms with van der Waals surface area (Å²) in [5, 5.41) is 9.57. The van der Waals surface area contributed by atoms with Crippen molar-refractivity contribution in [3.05, 3.63) is 71.4 Å². The molecule has 186 valence electrons. The lowest BCUT2D eigenvalue weighted by Crippen LogP contribution is -2.53. The van der Waals surface area contributed by atoms with Crippen LogP contribution in [0.2, 0.25) is 0 Å². The molecule has 8 nitrogen and oxygen atoms in total. The van der Waals surface area contributed by atoms with Crippen LogP contribution in [0.25, 0.3) is 0 Å². The van der Waals surface area contributed by atoms with Gasteiger partial charge in [-0.15, -0.1) is 0 Å². The van der Waals surface area contributed by atoms with E-state index >= 15 is 0 Å². The lowest BCUT2D eigenvalue weighted by atomic mass is 10.1. The minimum atomic E-state index is -0.903. The molecule has 3 heterocycles. The predicted octanol–water partition coefficient (Wildman–Crippen LogP) is 3.83. The van der Waals surface area contributed by atoms with E-state index in [1.807, 2.05) is 38.5 Å². The van der Waals surface area contributed by atoms with Crippen molar-refractivity contribution in [2.24, 2.45) is 0 Å². The maximum atomic E-state index is 11.7. The van der Waals surface area contributed by atoms with Crippen LogP contribution in [0.15, 0.2) is 48.9 Å². The van der Waals surface area contributed by atoms with Gasteiger partial charge in [0.25, 0.3) is 0 Å². The molecule has 4 rings (SSSR count). The standard InChI is InChI=1S/C27H36N6O2/c1-5-30-19-28-16-24(30)18-32(25-15-23(27(34)35)10-9-20(25)2)13-11-31-12-14-33(17-22(31)4)26-8-6-7-21(3)29-26/h6-10,15-16,19,22H,5,11-14,17-18H2,1-4H3,(H,34,35). The summed E-state index contributed by atoms with van der Waals surface area (Å²) in [6.07, 6.45) is 3.76. The molecule has 1 aromatic carbocycles. The van der Waals surface area contributed by atoms with E-state index in [0.29, 0.717) is 18.2 Å². The molecule has 0 saturated carbocycles. The van der Waals surface area contributed by atoms with Crippen LogP contribution < -0.4 is 9.80 Å². The minimum absolute atomic E-state index is 0.312. The maximum Gasteiger partial charge on any atom is 0.335 e. The first-order valence-electron chi connectivity index (χ1n) is 12.4. The summed E-state index contributed by atoms with van der Waals surface area (Å²) in [4.78, 5) is 27.9. The van der Waals surface area contributed by atoms with Crippen molar-refractivity contribution < 1.29 is 9.90 Å². The summed E-state index contributed by atoms with van der Waals surface area (Å²) in [5.74, 6) is 0.145. The zero-order valence-corrected chi connectivity index (χ0v) is 21.2. The molecule has 1 atom stereocenters. The highest BCUT2D eigenvalue weighted by molar-refractivity contribution is 5.89. The number of rotatable bonds is 9. The lowest BCUT2D eigenvalue weighted by Gasteiger charge is -2.41. The van der Waals surface area contributed by atoms with Gasteiger partial charge >= 0.3 is 5.97 Å². The van der Waals surface area contributed by atoms with Crippen LogP contribution in [0.1, 0.15) is 41.2 Å². The van der Waals surface area contributed by atoms with Crippen LogP contribution >= 0.6 is 0 Å². The Hall–Kier alpha value is -3.39.